The van der Waals surface area contributed by atoms with Crippen molar-refractivity contribution in [3.8, 4) is 5.75 Å². The van der Waals surface area contributed by atoms with Gasteiger partial charge >= 0.3 is 5.97 Å². The molecule has 1 heterocycles. The first-order valence-electron chi connectivity index (χ1n) is 7.24. The number of carbonyl (C=O) groups excluding carboxylic acids is 4. The van der Waals surface area contributed by atoms with Gasteiger partial charge in [0.05, 0.1) is 5.75 Å². The molecule has 0 radical (unpaired) electrons. The third-order valence-electron chi connectivity index (χ3n) is 3.31. The van der Waals surface area contributed by atoms with E-state index in [0.717, 1.165) is 16.7 Å². The second-order valence-corrected chi connectivity index (χ2v) is 6.46. The molecule has 0 bridgehead atoms. The molecular weight excluding hydrogens is 372 g/mol. The van der Waals surface area contributed by atoms with Crippen LogP contribution in [0.2, 0.25) is 5.02 Å². The maximum atomic E-state index is 12.0. The maximum absolute atomic E-state index is 12.0. The Morgan fingerprint density at radius 3 is 2.76 bits per heavy atom. The molecule has 1 saturated heterocycles. The highest BCUT2D eigenvalue weighted by atomic mass is 35.5. The summed E-state index contributed by atoms with van der Waals surface area (Å²) in [4.78, 5) is 47.8. The van der Waals surface area contributed by atoms with E-state index in [-0.39, 0.29) is 46.3 Å². The first-order chi connectivity index (χ1) is 11.8. The number of esters is 1. The molecule has 0 aromatic heterocycles. The molecule has 3 amide bonds. The number of amides is 3. The van der Waals surface area contributed by atoms with Gasteiger partial charge in [-0.3, -0.25) is 19.3 Å². The SMILES string of the molecule is C[C@@H](OC(=O)c1ccc(Cl)cc1O)C(=O)NCCN1C(=O)CSC1=O. The standard InChI is InChI=1S/C15H15ClN2O6S/c1-8(24-14(22)10-3-2-9(16)6-11(10)19)13(21)17-4-5-18-12(20)7-25-15(18)23/h2-3,6,8,19H,4-5,7H2,1H3,(H,17,21)/t8-/m1/s1. The molecule has 1 aromatic rings. The van der Waals surface area contributed by atoms with Crippen molar-refractivity contribution < 1.29 is 29.0 Å². The van der Waals surface area contributed by atoms with Crippen LogP contribution in [0.1, 0.15) is 17.3 Å². The zero-order valence-corrected chi connectivity index (χ0v) is 14.7. The molecule has 1 fully saturated rings. The van der Waals surface area contributed by atoms with Crippen LogP contribution in [0.25, 0.3) is 0 Å². The van der Waals surface area contributed by atoms with Crippen LogP contribution >= 0.6 is 23.4 Å². The molecule has 25 heavy (non-hydrogen) atoms. The Morgan fingerprint density at radius 1 is 1.44 bits per heavy atom. The largest absolute Gasteiger partial charge is 0.507 e. The van der Waals surface area contributed by atoms with Gasteiger partial charge in [-0.25, -0.2) is 4.79 Å². The van der Waals surface area contributed by atoms with Crippen LogP contribution in [-0.4, -0.2) is 58.0 Å². The molecule has 1 aromatic carbocycles. The quantitative estimate of drug-likeness (QED) is 0.710. The van der Waals surface area contributed by atoms with Gasteiger partial charge in [-0.1, -0.05) is 23.4 Å². The number of hydrogen-bond acceptors (Lipinski definition) is 7. The molecule has 0 saturated carbocycles. The Labute approximate surface area is 152 Å². The Morgan fingerprint density at radius 2 is 2.16 bits per heavy atom. The number of nitrogens with one attached hydrogen (secondary N) is 1. The van der Waals surface area contributed by atoms with Gasteiger partial charge < -0.3 is 15.2 Å². The minimum Gasteiger partial charge on any atom is -0.507 e. The lowest BCUT2D eigenvalue weighted by atomic mass is 10.2. The van der Waals surface area contributed by atoms with Gasteiger partial charge in [0.1, 0.15) is 11.3 Å². The van der Waals surface area contributed by atoms with Crippen LogP contribution < -0.4 is 5.32 Å². The fraction of sp³-hybridized carbons (Fsp3) is 0.333. The van der Waals surface area contributed by atoms with Gasteiger partial charge in [0.25, 0.3) is 11.1 Å². The average Bonchev–Trinajstić information content (AvgIpc) is 2.86. The minimum atomic E-state index is -1.12. The van der Waals surface area contributed by atoms with E-state index in [9.17, 15) is 24.3 Å². The summed E-state index contributed by atoms with van der Waals surface area (Å²) in [6, 6.07) is 3.88. The third kappa shape index (κ3) is 4.86. The molecule has 1 atom stereocenters. The van der Waals surface area contributed by atoms with Gasteiger partial charge in [-0.05, 0) is 25.1 Å². The fourth-order valence-corrected chi connectivity index (χ4v) is 2.90. The lowest BCUT2D eigenvalue weighted by molar-refractivity contribution is -0.130. The molecule has 0 spiro atoms. The Hall–Kier alpha value is -2.26. The second-order valence-electron chi connectivity index (χ2n) is 5.10. The molecule has 0 unspecified atom stereocenters. The van der Waals surface area contributed by atoms with Crippen LogP contribution in [0.5, 0.6) is 5.75 Å². The summed E-state index contributed by atoms with van der Waals surface area (Å²) < 4.78 is 4.98. The van der Waals surface area contributed by atoms with E-state index in [2.05, 4.69) is 5.32 Å². The third-order valence-corrected chi connectivity index (χ3v) is 4.40. The van der Waals surface area contributed by atoms with Crippen molar-refractivity contribution in [2.24, 2.45) is 0 Å². The van der Waals surface area contributed by atoms with Crippen molar-refractivity contribution in [2.45, 2.75) is 13.0 Å². The van der Waals surface area contributed by atoms with Crippen molar-refractivity contribution in [2.75, 3.05) is 18.8 Å². The van der Waals surface area contributed by atoms with Gasteiger partial charge in [0.2, 0.25) is 5.91 Å². The summed E-state index contributed by atoms with van der Waals surface area (Å²) in [7, 11) is 0. The van der Waals surface area contributed by atoms with E-state index in [1.807, 2.05) is 0 Å². The summed E-state index contributed by atoms with van der Waals surface area (Å²) in [5.41, 5.74) is -0.116. The van der Waals surface area contributed by atoms with Crippen LogP contribution in [0.15, 0.2) is 18.2 Å². The van der Waals surface area contributed by atoms with Crippen molar-refractivity contribution in [1.29, 1.82) is 0 Å². The van der Waals surface area contributed by atoms with Crippen LogP contribution in [-0.2, 0) is 14.3 Å². The van der Waals surface area contributed by atoms with Gasteiger partial charge in [-0.2, -0.15) is 0 Å². The molecule has 134 valence electrons. The maximum Gasteiger partial charge on any atom is 0.342 e. The minimum absolute atomic E-state index is 0.0466. The number of phenols is 1. The Bertz CT molecular complexity index is 710. The topological polar surface area (TPSA) is 113 Å². The average molecular weight is 387 g/mol. The summed E-state index contributed by atoms with van der Waals surface area (Å²) in [6.07, 6.45) is -1.12. The number of nitrogens with zero attached hydrogens (tertiary/aromatic N) is 1. The van der Waals surface area contributed by atoms with E-state index in [1.165, 1.54) is 25.1 Å². The lowest BCUT2D eigenvalue weighted by Gasteiger charge is -2.16. The number of hydrogen-bond donors (Lipinski definition) is 2. The van der Waals surface area contributed by atoms with Gasteiger partial charge in [-0.15, -0.1) is 0 Å². The van der Waals surface area contributed by atoms with E-state index in [4.69, 9.17) is 16.3 Å². The van der Waals surface area contributed by atoms with Crippen molar-refractivity contribution in [3.63, 3.8) is 0 Å². The summed E-state index contributed by atoms with van der Waals surface area (Å²) >= 11 is 6.59. The number of thioether (sulfide) groups is 1. The summed E-state index contributed by atoms with van der Waals surface area (Å²) in [6.45, 7) is 1.46. The lowest BCUT2D eigenvalue weighted by Crippen LogP contribution is -2.41. The first-order valence-corrected chi connectivity index (χ1v) is 8.60. The monoisotopic (exact) mass is 386 g/mol. The number of carbonyl (C=O) groups is 4. The predicted octanol–water partition coefficient (Wildman–Crippen LogP) is 1.40. The smallest absolute Gasteiger partial charge is 0.342 e. The molecule has 0 aliphatic carbocycles. The first kappa shape index (κ1) is 19.1. The molecule has 8 nitrogen and oxygen atoms in total. The van der Waals surface area contributed by atoms with Crippen LogP contribution in [0, 0.1) is 0 Å². The van der Waals surface area contributed by atoms with Crippen LogP contribution in [0.3, 0.4) is 0 Å². The van der Waals surface area contributed by atoms with E-state index in [0.29, 0.717) is 0 Å². The Balaban J connectivity index is 1.82. The number of benzene rings is 1. The van der Waals surface area contributed by atoms with E-state index >= 15 is 0 Å². The molecule has 10 heteroatoms. The highest BCUT2D eigenvalue weighted by Gasteiger charge is 2.29. The van der Waals surface area contributed by atoms with E-state index < -0.39 is 18.0 Å². The number of ether oxygens (including phenoxy) is 1. The predicted molar refractivity (Wildman–Crippen MR) is 90.6 cm³/mol. The molecule has 1 aliphatic rings. The van der Waals surface area contributed by atoms with Crippen molar-refractivity contribution in [1.82, 2.24) is 10.2 Å². The second kappa shape index (κ2) is 8.21. The summed E-state index contributed by atoms with van der Waals surface area (Å²) in [5, 5.41) is 12.0. The normalized spacial score (nSPS) is 15.2. The Kier molecular flexibility index (Phi) is 6.27. The number of imide groups is 1. The molecule has 1 aliphatic heterocycles. The number of aromatic hydroxyl groups is 1. The fourth-order valence-electron chi connectivity index (χ4n) is 1.99. The zero-order chi connectivity index (χ0) is 18.6. The van der Waals surface area contributed by atoms with Crippen LogP contribution in [0.4, 0.5) is 4.79 Å². The van der Waals surface area contributed by atoms with Crippen molar-refractivity contribution in [3.05, 3.63) is 28.8 Å². The summed E-state index contributed by atoms with van der Waals surface area (Å²) in [5.74, 6) is -2.02. The number of phenolic OH excluding ortho intramolecular Hbond substituents is 1. The number of rotatable bonds is 6. The van der Waals surface area contributed by atoms with Crippen molar-refractivity contribution >= 4 is 46.4 Å². The molecule has 2 N–H and O–H groups in total. The molecule has 2 rings (SSSR count). The van der Waals surface area contributed by atoms with Gasteiger partial charge in [0.15, 0.2) is 6.10 Å². The van der Waals surface area contributed by atoms with Gasteiger partial charge in [0, 0.05) is 18.1 Å². The molecular formula is C15H15ClN2O6S. The highest BCUT2D eigenvalue weighted by molar-refractivity contribution is 8.14. The zero-order valence-electron chi connectivity index (χ0n) is 13.2. The number of halogens is 1. The highest BCUT2D eigenvalue weighted by Crippen LogP contribution is 2.23. The van der Waals surface area contributed by atoms with E-state index in [1.54, 1.807) is 0 Å².